The summed E-state index contributed by atoms with van der Waals surface area (Å²) in [4.78, 5) is 0. The molecule has 0 aliphatic rings. The minimum atomic E-state index is 0. The van der Waals surface area contributed by atoms with Crippen LogP contribution in [0.2, 0.25) is 0 Å². The van der Waals surface area contributed by atoms with E-state index in [1.807, 2.05) is 0 Å². The van der Waals surface area contributed by atoms with Gasteiger partial charge in [0, 0.05) is 0 Å². The van der Waals surface area contributed by atoms with Gasteiger partial charge < -0.3 is 21.5 Å². The van der Waals surface area contributed by atoms with E-state index in [0.717, 1.165) is 0 Å². The van der Waals surface area contributed by atoms with E-state index in [1.54, 1.807) is 0 Å². The predicted molar refractivity (Wildman–Crippen MR) is 112 cm³/mol. The summed E-state index contributed by atoms with van der Waals surface area (Å²) in [6.07, 6.45) is 24.6. The molecule has 0 rings (SSSR count). The monoisotopic (exact) mass is 419 g/mol. The van der Waals surface area contributed by atoms with Crippen molar-refractivity contribution >= 4 is 0 Å². The Morgan fingerprint density at radius 3 is 1.00 bits per heavy atom. The molecular weight excluding hydrogens is 370 g/mol. The maximum atomic E-state index is 2.41. The van der Waals surface area contributed by atoms with Gasteiger partial charge >= 0.3 is 0 Å². The quantitative estimate of drug-likeness (QED) is 0.209. The summed E-state index contributed by atoms with van der Waals surface area (Å²) in [5.74, 6) is 0. The first-order valence-electron chi connectivity index (χ1n) is 11.4. The zero-order chi connectivity index (χ0) is 17.9. The molecule has 0 atom stereocenters. The van der Waals surface area contributed by atoms with Gasteiger partial charge in [-0.15, -0.1) is 0 Å². The van der Waals surface area contributed by atoms with E-state index in [0.29, 0.717) is 0 Å². The minimum absolute atomic E-state index is 0. The Kier molecular flexibility index (Phi) is 23.0. The Labute approximate surface area is 171 Å². The Balaban J connectivity index is 0. The smallest absolute Gasteiger partial charge is 0.0782 e. The zero-order valence-corrected chi connectivity index (χ0v) is 19.8. The first-order valence-corrected chi connectivity index (χ1v) is 11.4. The molecule has 0 aliphatic heterocycles. The van der Waals surface area contributed by atoms with Gasteiger partial charge in [0.2, 0.25) is 0 Å². The number of unbranched alkanes of at least 4 members (excludes halogenated alkanes) is 15. The van der Waals surface area contributed by atoms with Gasteiger partial charge in [-0.2, -0.15) is 0 Å². The number of rotatable bonds is 19. The zero-order valence-electron chi connectivity index (χ0n) is 18.3. The van der Waals surface area contributed by atoms with Gasteiger partial charge in [-0.3, -0.25) is 0 Å². The van der Waals surface area contributed by atoms with E-state index in [9.17, 15) is 0 Å². The third-order valence-corrected chi connectivity index (χ3v) is 5.48. The van der Waals surface area contributed by atoms with Crippen LogP contribution < -0.4 is 17.0 Å². The van der Waals surface area contributed by atoms with E-state index in [4.69, 9.17) is 0 Å². The van der Waals surface area contributed by atoms with Crippen molar-refractivity contribution in [2.45, 2.75) is 123 Å². The Morgan fingerprint density at radius 1 is 0.400 bits per heavy atom. The number of hydrogen-bond acceptors (Lipinski definition) is 0. The molecule has 0 saturated heterocycles. The van der Waals surface area contributed by atoms with Crippen LogP contribution in [0.5, 0.6) is 0 Å². The summed E-state index contributed by atoms with van der Waals surface area (Å²) in [6, 6.07) is 0. The third-order valence-electron chi connectivity index (χ3n) is 5.48. The van der Waals surface area contributed by atoms with Gasteiger partial charge in [0.25, 0.3) is 0 Å². The first-order chi connectivity index (χ1) is 11.6. The van der Waals surface area contributed by atoms with E-state index in [1.165, 1.54) is 127 Å². The number of quaternary nitrogens is 1. The van der Waals surface area contributed by atoms with Crippen molar-refractivity contribution in [3.8, 4) is 0 Å². The molecule has 0 amide bonds. The van der Waals surface area contributed by atoms with Crippen molar-refractivity contribution in [3.63, 3.8) is 0 Å². The van der Waals surface area contributed by atoms with E-state index < -0.39 is 0 Å². The standard InChI is InChI=1S/C23H50N.BrH/c1-5-7-9-10-11-12-13-14-15-16-17-18-19-21-23-24(3,4)22-20-8-6-2;/h5-23H2,1-4H3;1H/q+1;/p-1. The van der Waals surface area contributed by atoms with Crippen LogP contribution in [0.1, 0.15) is 123 Å². The second kappa shape index (κ2) is 20.7. The molecule has 0 bridgehead atoms. The fraction of sp³-hybridized carbons (Fsp3) is 1.00. The van der Waals surface area contributed by atoms with Gasteiger partial charge in [-0.05, 0) is 25.7 Å². The molecule has 0 spiro atoms. The summed E-state index contributed by atoms with van der Waals surface area (Å²) >= 11 is 0. The fourth-order valence-corrected chi connectivity index (χ4v) is 3.64. The molecule has 0 unspecified atom stereocenters. The molecule has 0 heterocycles. The van der Waals surface area contributed by atoms with Crippen molar-refractivity contribution in [3.05, 3.63) is 0 Å². The molecule has 0 fully saturated rings. The van der Waals surface area contributed by atoms with Gasteiger partial charge in [0.05, 0.1) is 27.2 Å². The van der Waals surface area contributed by atoms with Gasteiger partial charge in [-0.1, -0.05) is 97.3 Å². The lowest BCUT2D eigenvalue weighted by molar-refractivity contribution is -0.890. The van der Waals surface area contributed by atoms with Gasteiger partial charge in [-0.25, -0.2) is 0 Å². The molecule has 0 aromatic heterocycles. The lowest BCUT2D eigenvalue weighted by Crippen LogP contribution is -3.00. The van der Waals surface area contributed by atoms with Gasteiger partial charge in [0.15, 0.2) is 0 Å². The summed E-state index contributed by atoms with van der Waals surface area (Å²) in [6.45, 7) is 7.34. The Morgan fingerprint density at radius 2 is 0.640 bits per heavy atom. The minimum Gasteiger partial charge on any atom is -1.00 e. The number of hydrogen-bond donors (Lipinski definition) is 0. The molecule has 0 aliphatic carbocycles. The van der Waals surface area contributed by atoms with Crippen molar-refractivity contribution < 1.29 is 21.5 Å². The molecule has 154 valence electrons. The van der Waals surface area contributed by atoms with E-state index >= 15 is 0 Å². The van der Waals surface area contributed by atoms with E-state index in [2.05, 4.69) is 27.9 Å². The molecular formula is C23H50BrN. The molecule has 0 saturated carbocycles. The van der Waals surface area contributed by atoms with Crippen LogP contribution in [-0.2, 0) is 0 Å². The molecule has 2 heteroatoms. The normalized spacial score (nSPS) is 11.5. The lowest BCUT2D eigenvalue weighted by atomic mass is 10.0. The SMILES string of the molecule is CCCCCCCCCCCCCCCC[N+](C)(C)CCCCC.[Br-]. The summed E-state index contributed by atoms with van der Waals surface area (Å²) in [7, 11) is 4.83. The van der Waals surface area contributed by atoms with Crippen LogP contribution in [-0.4, -0.2) is 31.7 Å². The fourth-order valence-electron chi connectivity index (χ4n) is 3.64. The molecule has 25 heavy (non-hydrogen) atoms. The summed E-state index contributed by atoms with van der Waals surface area (Å²) in [5.41, 5.74) is 0. The van der Waals surface area contributed by atoms with Crippen LogP contribution in [0, 0.1) is 0 Å². The highest BCUT2D eigenvalue weighted by Crippen LogP contribution is 2.13. The van der Waals surface area contributed by atoms with Crippen LogP contribution in [0.3, 0.4) is 0 Å². The maximum Gasteiger partial charge on any atom is 0.0782 e. The largest absolute Gasteiger partial charge is 1.00 e. The highest BCUT2D eigenvalue weighted by Gasteiger charge is 2.13. The highest BCUT2D eigenvalue weighted by atomic mass is 79.9. The van der Waals surface area contributed by atoms with Crippen molar-refractivity contribution in [2.24, 2.45) is 0 Å². The number of halogens is 1. The van der Waals surface area contributed by atoms with Crippen molar-refractivity contribution in [1.82, 2.24) is 0 Å². The second-order valence-electron chi connectivity index (χ2n) is 8.69. The number of nitrogens with zero attached hydrogens (tertiary/aromatic N) is 1. The predicted octanol–water partition coefficient (Wildman–Crippen LogP) is 4.74. The van der Waals surface area contributed by atoms with Crippen LogP contribution in [0.25, 0.3) is 0 Å². The molecule has 0 aromatic rings. The third kappa shape index (κ3) is 22.4. The molecule has 0 radical (unpaired) electrons. The van der Waals surface area contributed by atoms with E-state index in [-0.39, 0.29) is 17.0 Å². The Hall–Kier alpha value is 0.440. The molecule has 1 nitrogen and oxygen atoms in total. The average Bonchev–Trinajstić information content (AvgIpc) is 2.55. The van der Waals surface area contributed by atoms with Crippen molar-refractivity contribution in [1.29, 1.82) is 0 Å². The average molecular weight is 421 g/mol. The Bertz CT molecular complexity index is 240. The highest BCUT2D eigenvalue weighted by molar-refractivity contribution is 4.49. The van der Waals surface area contributed by atoms with Crippen LogP contribution in [0.15, 0.2) is 0 Å². The summed E-state index contributed by atoms with van der Waals surface area (Å²) < 4.78 is 1.23. The lowest BCUT2D eigenvalue weighted by Gasteiger charge is -2.29. The van der Waals surface area contributed by atoms with Crippen molar-refractivity contribution in [2.75, 3.05) is 27.2 Å². The topological polar surface area (TPSA) is 0 Å². The maximum absolute atomic E-state index is 2.41. The first kappa shape index (κ1) is 27.7. The van der Waals surface area contributed by atoms with Crippen LogP contribution >= 0.6 is 0 Å². The second-order valence-corrected chi connectivity index (χ2v) is 8.69. The van der Waals surface area contributed by atoms with Gasteiger partial charge in [0.1, 0.15) is 0 Å². The molecule has 0 N–H and O–H groups in total. The summed E-state index contributed by atoms with van der Waals surface area (Å²) in [5, 5.41) is 0. The molecule has 0 aromatic carbocycles. The van der Waals surface area contributed by atoms with Crippen LogP contribution in [0.4, 0.5) is 0 Å².